The summed E-state index contributed by atoms with van der Waals surface area (Å²) in [6.45, 7) is 19.1. The highest BCUT2D eigenvalue weighted by atomic mass is 32.1. The first-order valence-electron chi connectivity index (χ1n) is 8.31. The van der Waals surface area contributed by atoms with Crippen LogP contribution in [-0.4, -0.2) is 37.2 Å². The van der Waals surface area contributed by atoms with Gasteiger partial charge in [0.05, 0.1) is 5.03 Å². The van der Waals surface area contributed by atoms with Gasteiger partial charge in [0.1, 0.15) is 6.29 Å². The number of nitrogens with one attached hydrogen (secondary N) is 1. The summed E-state index contributed by atoms with van der Waals surface area (Å²) in [6.07, 6.45) is 1.64. The van der Waals surface area contributed by atoms with E-state index in [9.17, 15) is 9.59 Å². The molecule has 0 heterocycles. The Hall–Kier alpha value is -0.970. The summed E-state index contributed by atoms with van der Waals surface area (Å²) in [5, 5.41) is 3.53. The number of hydrogen-bond acceptors (Lipinski definition) is 4. The van der Waals surface area contributed by atoms with Gasteiger partial charge in [-0.15, -0.1) is 12.6 Å². The van der Waals surface area contributed by atoms with Gasteiger partial charge in [-0.1, -0.05) is 55.0 Å². The molecule has 0 aliphatic rings. The summed E-state index contributed by atoms with van der Waals surface area (Å²) < 4.78 is 0. The van der Waals surface area contributed by atoms with Crippen molar-refractivity contribution in [2.24, 2.45) is 11.3 Å². The third-order valence-corrected chi connectivity index (χ3v) is 2.63. The van der Waals surface area contributed by atoms with Crippen molar-refractivity contribution in [2.45, 2.75) is 61.3 Å². The smallest absolute Gasteiger partial charge is 0.222 e. The Balaban J connectivity index is -0.000000574. The molecular formula is C18H38N2O2S. The minimum atomic E-state index is -0.270. The van der Waals surface area contributed by atoms with Gasteiger partial charge in [-0.05, 0) is 11.3 Å². The van der Waals surface area contributed by atoms with Crippen molar-refractivity contribution >= 4 is 24.8 Å². The van der Waals surface area contributed by atoms with E-state index in [0.717, 1.165) is 12.2 Å². The van der Waals surface area contributed by atoms with E-state index in [2.05, 4.69) is 45.3 Å². The number of likely N-dealkylation sites (N-methyl/N-ethyl adjacent to an activating group) is 1. The summed E-state index contributed by atoms with van der Waals surface area (Å²) in [5.41, 5.74) is -0.270. The second kappa shape index (κ2) is 15.9. The SMILES string of the molecule is C=C(S)NCCN(C)C(=O)CC(C)(C)CC=O.CC.CC(C)C. The summed E-state index contributed by atoms with van der Waals surface area (Å²) in [4.78, 5) is 24.0. The first-order chi connectivity index (χ1) is 10.5. The van der Waals surface area contributed by atoms with Crippen LogP contribution in [0.1, 0.15) is 61.3 Å². The zero-order chi connectivity index (χ0) is 19.1. The number of rotatable bonds is 8. The van der Waals surface area contributed by atoms with Crippen LogP contribution in [-0.2, 0) is 9.59 Å². The van der Waals surface area contributed by atoms with Crippen molar-refractivity contribution in [2.75, 3.05) is 20.1 Å². The van der Waals surface area contributed by atoms with E-state index >= 15 is 0 Å². The minimum Gasteiger partial charge on any atom is -0.379 e. The van der Waals surface area contributed by atoms with E-state index in [1.807, 2.05) is 27.7 Å². The zero-order valence-corrected chi connectivity index (χ0v) is 17.3. The molecule has 4 nitrogen and oxygen atoms in total. The summed E-state index contributed by atoms with van der Waals surface area (Å²) in [6, 6.07) is 0. The van der Waals surface area contributed by atoms with Gasteiger partial charge < -0.3 is 15.0 Å². The lowest BCUT2D eigenvalue weighted by atomic mass is 9.86. The van der Waals surface area contributed by atoms with Crippen LogP contribution in [0.5, 0.6) is 0 Å². The Bertz CT molecular complexity index is 326. The lowest BCUT2D eigenvalue weighted by Crippen LogP contribution is -2.35. The van der Waals surface area contributed by atoms with Crippen LogP contribution in [0, 0.1) is 11.3 Å². The van der Waals surface area contributed by atoms with Gasteiger partial charge in [0, 0.05) is 33.0 Å². The molecule has 0 atom stereocenters. The van der Waals surface area contributed by atoms with Crippen molar-refractivity contribution in [3.8, 4) is 0 Å². The number of amides is 1. The number of nitrogens with zero attached hydrogens (tertiary/aromatic N) is 1. The van der Waals surface area contributed by atoms with Crippen molar-refractivity contribution in [3.63, 3.8) is 0 Å². The van der Waals surface area contributed by atoms with Crippen LogP contribution in [0.3, 0.4) is 0 Å². The molecule has 138 valence electrons. The van der Waals surface area contributed by atoms with Gasteiger partial charge in [-0.2, -0.15) is 0 Å². The minimum absolute atomic E-state index is 0.0448. The molecule has 1 amide bonds. The van der Waals surface area contributed by atoms with Gasteiger partial charge in [0.2, 0.25) is 5.91 Å². The third-order valence-electron chi connectivity index (χ3n) is 2.47. The second-order valence-electron chi connectivity index (χ2n) is 6.63. The molecule has 0 bridgehead atoms. The Morgan fingerprint density at radius 3 is 2.09 bits per heavy atom. The average Bonchev–Trinajstić information content (AvgIpc) is 2.39. The van der Waals surface area contributed by atoms with Crippen molar-refractivity contribution < 1.29 is 9.59 Å². The first kappa shape index (κ1) is 26.9. The normalized spacial score (nSPS) is 9.83. The third kappa shape index (κ3) is 23.4. The largest absolute Gasteiger partial charge is 0.379 e. The van der Waals surface area contributed by atoms with Gasteiger partial charge in [-0.25, -0.2) is 0 Å². The van der Waals surface area contributed by atoms with E-state index in [4.69, 9.17) is 0 Å². The predicted octanol–water partition coefficient (Wildman–Crippen LogP) is 4.13. The molecule has 0 aromatic rings. The lowest BCUT2D eigenvalue weighted by Gasteiger charge is -2.25. The molecule has 1 N–H and O–H groups in total. The number of carbonyl (C=O) groups is 2. The standard InChI is InChI=1S/C12H22N2O2S.C4H10.C2H6/c1-10(17)13-6-7-14(4)11(16)9-12(2,3)5-8-15;1-4(2)3;1-2/h8,13,17H,1,5-7,9H2,2-4H3;4H,1-3H3;1-2H3. The first-order valence-corrected chi connectivity index (χ1v) is 8.76. The quantitative estimate of drug-likeness (QED) is 0.513. The molecule has 0 unspecified atom stereocenters. The highest BCUT2D eigenvalue weighted by Crippen LogP contribution is 2.24. The highest BCUT2D eigenvalue weighted by molar-refractivity contribution is 7.84. The Kier molecular flexibility index (Phi) is 18.6. The van der Waals surface area contributed by atoms with Crippen molar-refractivity contribution in [1.82, 2.24) is 10.2 Å². The maximum Gasteiger partial charge on any atom is 0.222 e. The van der Waals surface area contributed by atoms with E-state index < -0.39 is 0 Å². The molecule has 0 aliphatic heterocycles. The van der Waals surface area contributed by atoms with E-state index in [-0.39, 0.29) is 11.3 Å². The van der Waals surface area contributed by atoms with Crippen LogP contribution in [0.25, 0.3) is 0 Å². The monoisotopic (exact) mass is 346 g/mol. The van der Waals surface area contributed by atoms with Crippen LogP contribution in [0.2, 0.25) is 0 Å². The molecule has 0 radical (unpaired) electrons. The molecule has 5 heteroatoms. The molecule has 0 fully saturated rings. The molecule has 0 aromatic heterocycles. The van der Waals surface area contributed by atoms with Crippen LogP contribution >= 0.6 is 12.6 Å². The molecular weight excluding hydrogens is 308 g/mol. The van der Waals surface area contributed by atoms with E-state index in [1.54, 1.807) is 11.9 Å². The van der Waals surface area contributed by atoms with Crippen molar-refractivity contribution in [1.29, 1.82) is 0 Å². The number of hydrogen-bond donors (Lipinski definition) is 2. The molecule has 0 saturated heterocycles. The summed E-state index contributed by atoms with van der Waals surface area (Å²) in [5.74, 6) is 0.878. The van der Waals surface area contributed by atoms with Gasteiger partial charge >= 0.3 is 0 Å². The van der Waals surface area contributed by atoms with Crippen LogP contribution < -0.4 is 5.32 Å². The number of aldehydes is 1. The van der Waals surface area contributed by atoms with Crippen LogP contribution in [0.15, 0.2) is 11.6 Å². The second-order valence-corrected chi connectivity index (χ2v) is 7.17. The molecule has 0 spiro atoms. The number of carbonyl (C=O) groups excluding carboxylic acids is 2. The predicted molar refractivity (Wildman–Crippen MR) is 105 cm³/mol. The van der Waals surface area contributed by atoms with E-state index in [0.29, 0.717) is 31.0 Å². The topological polar surface area (TPSA) is 49.4 Å². The maximum absolute atomic E-state index is 11.8. The lowest BCUT2D eigenvalue weighted by molar-refractivity contribution is -0.132. The Morgan fingerprint density at radius 1 is 1.30 bits per heavy atom. The van der Waals surface area contributed by atoms with Crippen molar-refractivity contribution in [3.05, 3.63) is 11.6 Å². The fourth-order valence-electron chi connectivity index (χ4n) is 1.33. The van der Waals surface area contributed by atoms with Gasteiger partial charge in [-0.3, -0.25) is 4.79 Å². The summed E-state index contributed by atoms with van der Waals surface area (Å²) in [7, 11) is 1.75. The van der Waals surface area contributed by atoms with Crippen LogP contribution in [0.4, 0.5) is 0 Å². The van der Waals surface area contributed by atoms with E-state index in [1.165, 1.54) is 0 Å². The zero-order valence-electron chi connectivity index (χ0n) is 16.4. The molecule has 23 heavy (non-hydrogen) atoms. The molecule has 0 rings (SSSR count). The fourth-order valence-corrected chi connectivity index (χ4v) is 1.45. The molecule has 0 saturated carbocycles. The average molecular weight is 347 g/mol. The summed E-state index contributed by atoms with van der Waals surface area (Å²) >= 11 is 4.00. The maximum atomic E-state index is 11.8. The van der Waals surface area contributed by atoms with Gasteiger partial charge in [0.25, 0.3) is 0 Å². The number of thiol groups is 1. The molecule has 0 aliphatic carbocycles. The highest BCUT2D eigenvalue weighted by Gasteiger charge is 2.23. The molecule has 0 aromatic carbocycles. The Morgan fingerprint density at radius 2 is 1.74 bits per heavy atom. The fraction of sp³-hybridized carbons (Fsp3) is 0.778. The van der Waals surface area contributed by atoms with Gasteiger partial charge in [0.15, 0.2) is 0 Å². The Labute approximate surface area is 149 Å².